The zero-order chi connectivity index (χ0) is 19.6. The van der Waals surface area contributed by atoms with Crippen LogP contribution >= 0.6 is 0 Å². The second-order valence-electron chi connectivity index (χ2n) is 6.88. The summed E-state index contributed by atoms with van der Waals surface area (Å²) in [6, 6.07) is 15.0. The van der Waals surface area contributed by atoms with Crippen LogP contribution in [0, 0.1) is 0 Å². The van der Waals surface area contributed by atoms with Gasteiger partial charge in [-0.3, -0.25) is 4.79 Å². The van der Waals surface area contributed by atoms with Crippen molar-refractivity contribution >= 4 is 16.9 Å². The van der Waals surface area contributed by atoms with E-state index in [2.05, 4.69) is 25.5 Å². The molecule has 1 N–H and O–H groups in total. The van der Waals surface area contributed by atoms with Crippen LogP contribution in [0.1, 0.15) is 27.8 Å². The Morgan fingerprint density at radius 3 is 2.90 bits per heavy atom. The molecule has 5 rings (SSSR count). The highest BCUT2D eigenvalue weighted by Gasteiger charge is 2.33. The number of hydrogen-bond acceptors (Lipinski definition) is 6. The first-order valence-electron chi connectivity index (χ1n) is 9.40. The van der Waals surface area contributed by atoms with Crippen molar-refractivity contribution in [1.82, 2.24) is 35.1 Å². The molecule has 1 atom stereocenters. The summed E-state index contributed by atoms with van der Waals surface area (Å²) in [4.78, 5) is 19.6. The summed E-state index contributed by atoms with van der Waals surface area (Å²) in [7, 11) is 0. The molecule has 2 aromatic heterocycles. The van der Waals surface area contributed by atoms with Gasteiger partial charge in [0.05, 0.1) is 19.8 Å². The van der Waals surface area contributed by atoms with E-state index in [0.717, 1.165) is 11.1 Å². The molecule has 0 radical (unpaired) electrons. The smallest absolute Gasteiger partial charge is 0.254 e. The van der Waals surface area contributed by atoms with Crippen LogP contribution in [-0.4, -0.2) is 60.7 Å². The first-order valence-corrected chi connectivity index (χ1v) is 9.40. The van der Waals surface area contributed by atoms with Crippen LogP contribution in [0.15, 0.2) is 54.9 Å². The second-order valence-corrected chi connectivity index (χ2v) is 6.88. The second kappa shape index (κ2) is 7.44. The van der Waals surface area contributed by atoms with Gasteiger partial charge in [0.15, 0.2) is 5.82 Å². The normalized spacial score (nSPS) is 17.0. The predicted octanol–water partition coefficient (Wildman–Crippen LogP) is 1.81. The van der Waals surface area contributed by atoms with E-state index in [9.17, 15) is 4.79 Å². The van der Waals surface area contributed by atoms with Crippen LogP contribution in [0.5, 0.6) is 0 Å². The van der Waals surface area contributed by atoms with Gasteiger partial charge in [-0.1, -0.05) is 30.3 Å². The molecule has 1 fully saturated rings. The van der Waals surface area contributed by atoms with Gasteiger partial charge in [0.1, 0.15) is 23.4 Å². The summed E-state index contributed by atoms with van der Waals surface area (Å²) in [6.07, 6.45) is 1.52. The molecule has 0 saturated carbocycles. The molecule has 0 bridgehead atoms. The van der Waals surface area contributed by atoms with E-state index < -0.39 is 0 Å². The summed E-state index contributed by atoms with van der Waals surface area (Å²) >= 11 is 0. The Morgan fingerprint density at radius 1 is 1.14 bits per heavy atom. The fourth-order valence-electron chi connectivity index (χ4n) is 3.61. The summed E-state index contributed by atoms with van der Waals surface area (Å²) in [5.41, 5.74) is 3.06. The molecule has 2 aromatic carbocycles. The van der Waals surface area contributed by atoms with Crippen LogP contribution in [0.2, 0.25) is 0 Å². The molecule has 29 heavy (non-hydrogen) atoms. The molecule has 0 unspecified atom stereocenters. The topological polar surface area (TPSA) is 102 Å². The number of ether oxygens (including phenoxy) is 1. The molecule has 9 heteroatoms. The fourth-order valence-corrected chi connectivity index (χ4v) is 3.61. The minimum absolute atomic E-state index is 0.0857. The van der Waals surface area contributed by atoms with E-state index in [4.69, 9.17) is 4.74 Å². The van der Waals surface area contributed by atoms with Crippen molar-refractivity contribution in [2.75, 3.05) is 19.8 Å². The quantitative estimate of drug-likeness (QED) is 0.571. The van der Waals surface area contributed by atoms with E-state index in [0.29, 0.717) is 43.2 Å². The number of carbonyl (C=O) groups excluding carboxylic acids is 1. The van der Waals surface area contributed by atoms with Crippen molar-refractivity contribution in [2.45, 2.75) is 12.6 Å². The van der Waals surface area contributed by atoms with Crippen molar-refractivity contribution in [1.29, 1.82) is 0 Å². The number of benzene rings is 2. The average Bonchev–Trinajstić information content (AvgIpc) is 3.42. The lowest BCUT2D eigenvalue weighted by Gasteiger charge is -2.35. The third-order valence-electron chi connectivity index (χ3n) is 5.07. The van der Waals surface area contributed by atoms with Gasteiger partial charge in [-0.05, 0) is 23.8 Å². The zero-order valence-electron chi connectivity index (χ0n) is 15.6. The number of amides is 1. The lowest BCUT2D eigenvalue weighted by molar-refractivity contribution is -0.00634. The first kappa shape index (κ1) is 17.5. The SMILES string of the molecule is O=C(c1ccc2n[nH]nc2c1)N1CCOC[C@H]1c1ncnn1Cc1ccccc1. The monoisotopic (exact) mass is 389 g/mol. The highest BCUT2D eigenvalue weighted by molar-refractivity contribution is 5.97. The standard InChI is InChI=1S/C20H19N7O2/c28-20(15-6-7-16-17(10-15)24-25-23-16)26-8-9-29-12-18(26)19-21-13-22-27(19)11-14-4-2-1-3-5-14/h1-7,10,13,18H,8-9,11-12H2,(H,23,24,25)/t18-/m0/s1. The number of hydrogen-bond donors (Lipinski definition) is 1. The highest BCUT2D eigenvalue weighted by Crippen LogP contribution is 2.25. The van der Waals surface area contributed by atoms with Crippen LogP contribution in [0.3, 0.4) is 0 Å². The maximum absolute atomic E-state index is 13.3. The number of nitrogens with one attached hydrogen (secondary N) is 1. The molecule has 3 heterocycles. The van der Waals surface area contributed by atoms with Crippen LogP contribution in [0.4, 0.5) is 0 Å². The lowest BCUT2D eigenvalue weighted by Crippen LogP contribution is -2.44. The van der Waals surface area contributed by atoms with Gasteiger partial charge in [0, 0.05) is 12.1 Å². The molecule has 0 spiro atoms. The number of nitrogens with zero attached hydrogens (tertiary/aromatic N) is 6. The molecular weight excluding hydrogens is 370 g/mol. The van der Waals surface area contributed by atoms with Gasteiger partial charge in [0.2, 0.25) is 0 Å². The zero-order valence-corrected chi connectivity index (χ0v) is 15.6. The fraction of sp³-hybridized carbons (Fsp3) is 0.250. The maximum atomic E-state index is 13.3. The molecule has 0 aliphatic carbocycles. The van der Waals surface area contributed by atoms with Crippen molar-refractivity contribution in [2.24, 2.45) is 0 Å². The number of carbonyl (C=O) groups is 1. The van der Waals surface area contributed by atoms with Crippen molar-refractivity contribution in [3.8, 4) is 0 Å². The number of rotatable bonds is 4. The molecule has 146 valence electrons. The Hall–Kier alpha value is -3.59. The van der Waals surface area contributed by atoms with E-state index >= 15 is 0 Å². The van der Waals surface area contributed by atoms with Gasteiger partial charge in [-0.2, -0.15) is 20.5 Å². The summed E-state index contributed by atoms with van der Waals surface area (Å²) < 4.78 is 7.51. The Balaban J connectivity index is 1.44. The molecule has 1 aliphatic rings. The molecule has 1 aliphatic heterocycles. The maximum Gasteiger partial charge on any atom is 0.254 e. The molecule has 1 saturated heterocycles. The highest BCUT2D eigenvalue weighted by atomic mass is 16.5. The molecular formula is C20H19N7O2. The molecule has 4 aromatic rings. The van der Waals surface area contributed by atoms with Gasteiger partial charge in [0.25, 0.3) is 5.91 Å². The Labute approximate surface area is 166 Å². The first-order chi connectivity index (χ1) is 14.3. The molecule has 9 nitrogen and oxygen atoms in total. The van der Waals surface area contributed by atoms with Crippen molar-refractivity contribution in [3.63, 3.8) is 0 Å². The lowest BCUT2D eigenvalue weighted by atomic mass is 10.1. The Kier molecular flexibility index (Phi) is 4.49. The molecule has 1 amide bonds. The van der Waals surface area contributed by atoms with E-state index in [1.54, 1.807) is 23.1 Å². The minimum atomic E-state index is -0.310. The summed E-state index contributed by atoms with van der Waals surface area (Å²) in [5.74, 6) is 0.627. The van der Waals surface area contributed by atoms with Gasteiger partial charge in [-0.15, -0.1) is 0 Å². The Bertz CT molecular complexity index is 1140. The van der Waals surface area contributed by atoms with E-state index in [1.165, 1.54) is 6.33 Å². The Morgan fingerprint density at radius 2 is 2.00 bits per heavy atom. The van der Waals surface area contributed by atoms with Crippen LogP contribution in [-0.2, 0) is 11.3 Å². The number of fused-ring (bicyclic) bond motifs is 1. The van der Waals surface area contributed by atoms with Crippen LogP contribution < -0.4 is 0 Å². The number of aromatic nitrogens is 6. The number of H-pyrrole nitrogens is 1. The third kappa shape index (κ3) is 3.36. The number of morpholine rings is 1. The van der Waals surface area contributed by atoms with Gasteiger partial charge < -0.3 is 9.64 Å². The average molecular weight is 389 g/mol. The van der Waals surface area contributed by atoms with Gasteiger partial charge >= 0.3 is 0 Å². The van der Waals surface area contributed by atoms with E-state index in [1.807, 2.05) is 35.0 Å². The minimum Gasteiger partial charge on any atom is -0.377 e. The van der Waals surface area contributed by atoms with Crippen LogP contribution in [0.25, 0.3) is 11.0 Å². The largest absolute Gasteiger partial charge is 0.377 e. The van der Waals surface area contributed by atoms with E-state index in [-0.39, 0.29) is 11.9 Å². The summed E-state index contributed by atoms with van der Waals surface area (Å²) in [6.45, 7) is 1.94. The predicted molar refractivity (Wildman–Crippen MR) is 104 cm³/mol. The number of aromatic amines is 1. The van der Waals surface area contributed by atoms with Crippen molar-refractivity contribution < 1.29 is 9.53 Å². The third-order valence-corrected chi connectivity index (χ3v) is 5.07. The van der Waals surface area contributed by atoms with Crippen molar-refractivity contribution in [3.05, 3.63) is 71.8 Å². The summed E-state index contributed by atoms with van der Waals surface area (Å²) in [5, 5.41) is 15.1. The van der Waals surface area contributed by atoms with Gasteiger partial charge in [-0.25, -0.2) is 9.67 Å².